The summed E-state index contributed by atoms with van der Waals surface area (Å²) in [5, 5.41) is 3.34. The number of fused-ring (bicyclic) bond motifs is 1. The van der Waals surface area contributed by atoms with E-state index in [4.69, 9.17) is 0 Å². The van der Waals surface area contributed by atoms with E-state index in [0.717, 1.165) is 23.2 Å². The molecule has 0 aliphatic carbocycles. The van der Waals surface area contributed by atoms with E-state index in [2.05, 4.69) is 5.32 Å². The summed E-state index contributed by atoms with van der Waals surface area (Å²) in [5.41, 5.74) is 0.0791. The Labute approximate surface area is 150 Å². The van der Waals surface area contributed by atoms with Crippen molar-refractivity contribution >= 4 is 5.91 Å². The molecule has 26 heavy (non-hydrogen) atoms. The Morgan fingerprint density at radius 1 is 1.04 bits per heavy atom. The summed E-state index contributed by atoms with van der Waals surface area (Å²) in [5.74, 6) is 0.818. The van der Waals surface area contributed by atoms with E-state index in [9.17, 15) is 14.4 Å². The van der Waals surface area contributed by atoms with Gasteiger partial charge in [-0.2, -0.15) is 0 Å². The van der Waals surface area contributed by atoms with Gasteiger partial charge in [0.2, 0.25) is 5.91 Å². The third-order valence-electron chi connectivity index (χ3n) is 5.37. The molecule has 0 saturated carbocycles. The number of carbonyl (C=O) groups excluding carboxylic acids is 1. The number of likely N-dealkylation sites (tertiary alicyclic amines) is 1. The van der Waals surface area contributed by atoms with Gasteiger partial charge in [-0.3, -0.25) is 18.7 Å². The van der Waals surface area contributed by atoms with Gasteiger partial charge in [-0.25, -0.2) is 4.79 Å². The van der Waals surface area contributed by atoms with Crippen LogP contribution in [0.3, 0.4) is 0 Å². The molecule has 0 radical (unpaired) electrons. The van der Waals surface area contributed by atoms with Gasteiger partial charge in [-0.15, -0.1) is 0 Å². The van der Waals surface area contributed by atoms with Crippen LogP contribution in [0, 0.1) is 11.8 Å². The predicted octanol–water partition coefficient (Wildman–Crippen LogP) is -0.264. The Kier molecular flexibility index (Phi) is 4.46. The monoisotopic (exact) mass is 354 g/mol. The SMILES string of the molecule is O=C(Cn1c(=O)ccn(Cc2ccccc2)c1=O)N1C[C@H]2CNC[C@H]2C1. The van der Waals surface area contributed by atoms with E-state index in [1.807, 2.05) is 30.3 Å². The molecule has 0 unspecified atom stereocenters. The van der Waals surface area contributed by atoms with Crippen molar-refractivity contribution < 1.29 is 4.79 Å². The van der Waals surface area contributed by atoms with Crippen molar-refractivity contribution in [3.63, 3.8) is 0 Å². The largest absolute Gasteiger partial charge is 0.340 e. The fraction of sp³-hybridized carbons (Fsp3) is 0.421. The van der Waals surface area contributed by atoms with Crippen LogP contribution < -0.4 is 16.6 Å². The molecule has 1 aromatic heterocycles. The zero-order chi connectivity index (χ0) is 18.1. The Bertz CT molecular complexity index is 906. The van der Waals surface area contributed by atoms with Gasteiger partial charge in [0.1, 0.15) is 6.54 Å². The van der Waals surface area contributed by atoms with Crippen molar-refractivity contribution in [1.29, 1.82) is 0 Å². The molecule has 136 valence electrons. The number of rotatable bonds is 4. The highest BCUT2D eigenvalue weighted by atomic mass is 16.2. The number of nitrogens with one attached hydrogen (secondary N) is 1. The van der Waals surface area contributed by atoms with Gasteiger partial charge >= 0.3 is 5.69 Å². The Balaban J connectivity index is 1.53. The highest BCUT2D eigenvalue weighted by Gasteiger charge is 2.38. The molecule has 2 aliphatic rings. The molecular weight excluding hydrogens is 332 g/mol. The second-order valence-corrected chi connectivity index (χ2v) is 7.11. The van der Waals surface area contributed by atoms with E-state index >= 15 is 0 Å². The number of nitrogens with zero attached hydrogens (tertiary/aromatic N) is 3. The zero-order valence-corrected chi connectivity index (χ0v) is 14.5. The third kappa shape index (κ3) is 3.22. The maximum atomic E-state index is 12.7. The predicted molar refractivity (Wildman–Crippen MR) is 96.9 cm³/mol. The van der Waals surface area contributed by atoms with E-state index in [-0.39, 0.29) is 12.5 Å². The highest BCUT2D eigenvalue weighted by Crippen LogP contribution is 2.26. The van der Waals surface area contributed by atoms with E-state index in [0.29, 0.717) is 31.5 Å². The molecular formula is C19H22N4O3. The smallest absolute Gasteiger partial charge is 0.331 e. The highest BCUT2D eigenvalue weighted by molar-refractivity contribution is 5.76. The first-order chi connectivity index (χ1) is 12.6. The molecule has 2 fully saturated rings. The number of carbonyl (C=O) groups is 1. The molecule has 1 aromatic carbocycles. The standard InChI is InChI=1S/C19H22N4O3/c24-17-6-7-21(10-14-4-2-1-3-5-14)19(26)23(17)13-18(25)22-11-15-8-20-9-16(15)12-22/h1-7,15-16,20H,8-13H2/t15-,16+. The molecule has 2 aliphatic heterocycles. The molecule has 1 amide bonds. The van der Waals surface area contributed by atoms with Crippen molar-refractivity contribution in [1.82, 2.24) is 19.4 Å². The third-order valence-corrected chi connectivity index (χ3v) is 5.37. The Morgan fingerprint density at radius 3 is 2.42 bits per heavy atom. The van der Waals surface area contributed by atoms with Gasteiger partial charge in [-0.05, 0) is 17.4 Å². The van der Waals surface area contributed by atoms with Gasteiger partial charge < -0.3 is 10.2 Å². The average Bonchev–Trinajstić information content (AvgIpc) is 3.24. The molecule has 0 bridgehead atoms. The average molecular weight is 354 g/mol. The van der Waals surface area contributed by atoms with Crippen molar-refractivity contribution in [3.8, 4) is 0 Å². The first-order valence-corrected chi connectivity index (χ1v) is 8.94. The molecule has 1 N–H and O–H groups in total. The second-order valence-electron chi connectivity index (χ2n) is 7.11. The van der Waals surface area contributed by atoms with Gasteiger partial charge in [0, 0.05) is 38.4 Å². The van der Waals surface area contributed by atoms with Crippen molar-refractivity contribution in [2.75, 3.05) is 26.2 Å². The van der Waals surface area contributed by atoms with E-state index < -0.39 is 11.2 Å². The quantitative estimate of drug-likeness (QED) is 0.821. The normalized spacial score (nSPS) is 21.8. The lowest BCUT2D eigenvalue weighted by molar-refractivity contribution is -0.131. The summed E-state index contributed by atoms with van der Waals surface area (Å²) in [7, 11) is 0. The molecule has 0 spiro atoms. The number of aromatic nitrogens is 2. The number of hydrogen-bond acceptors (Lipinski definition) is 4. The van der Waals surface area contributed by atoms with Crippen LogP contribution in [0.15, 0.2) is 52.2 Å². The molecule has 4 rings (SSSR count). The lowest BCUT2D eigenvalue weighted by Gasteiger charge is -2.18. The molecule has 2 atom stereocenters. The maximum absolute atomic E-state index is 12.7. The fourth-order valence-corrected chi connectivity index (χ4v) is 3.90. The Hall–Kier alpha value is -2.67. The molecule has 2 saturated heterocycles. The van der Waals surface area contributed by atoms with Crippen LogP contribution in [0.1, 0.15) is 5.56 Å². The number of hydrogen-bond donors (Lipinski definition) is 1. The fourth-order valence-electron chi connectivity index (χ4n) is 3.90. The lowest BCUT2D eigenvalue weighted by atomic mass is 10.0. The maximum Gasteiger partial charge on any atom is 0.331 e. The molecule has 7 nitrogen and oxygen atoms in total. The molecule has 2 aromatic rings. The van der Waals surface area contributed by atoms with Crippen molar-refractivity contribution in [3.05, 3.63) is 69.0 Å². The molecule has 3 heterocycles. The first-order valence-electron chi connectivity index (χ1n) is 8.94. The molecule has 7 heteroatoms. The minimum atomic E-state index is -0.448. The van der Waals surface area contributed by atoms with Gasteiger partial charge in [0.25, 0.3) is 5.56 Å². The van der Waals surface area contributed by atoms with Crippen LogP contribution in [0.25, 0.3) is 0 Å². The van der Waals surface area contributed by atoms with Crippen LogP contribution in [-0.2, 0) is 17.9 Å². The minimum absolute atomic E-state index is 0.156. The van der Waals surface area contributed by atoms with Gasteiger partial charge in [-0.1, -0.05) is 30.3 Å². The van der Waals surface area contributed by atoms with Crippen LogP contribution in [0.2, 0.25) is 0 Å². The van der Waals surface area contributed by atoms with Crippen molar-refractivity contribution in [2.24, 2.45) is 11.8 Å². The van der Waals surface area contributed by atoms with Crippen LogP contribution in [-0.4, -0.2) is 46.1 Å². The minimum Gasteiger partial charge on any atom is -0.340 e. The van der Waals surface area contributed by atoms with Crippen LogP contribution in [0.5, 0.6) is 0 Å². The van der Waals surface area contributed by atoms with E-state index in [1.165, 1.54) is 16.8 Å². The van der Waals surface area contributed by atoms with Crippen LogP contribution in [0.4, 0.5) is 0 Å². The van der Waals surface area contributed by atoms with Gasteiger partial charge in [0.15, 0.2) is 0 Å². The number of benzene rings is 1. The van der Waals surface area contributed by atoms with E-state index in [1.54, 1.807) is 4.90 Å². The topological polar surface area (TPSA) is 76.3 Å². The summed E-state index contributed by atoms with van der Waals surface area (Å²) in [6.45, 7) is 3.45. The summed E-state index contributed by atoms with van der Waals surface area (Å²) < 4.78 is 2.50. The summed E-state index contributed by atoms with van der Waals surface area (Å²) in [6.07, 6.45) is 1.49. The van der Waals surface area contributed by atoms with Gasteiger partial charge in [0.05, 0.1) is 6.54 Å². The van der Waals surface area contributed by atoms with Crippen molar-refractivity contribution in [2.45, 2.75) is 13.1 Å². The summed E-state index contributed by atoms with van der Waals surface area (Å²) in [4.78, 5) is 39.3. The first kappa shape index (κ1) is 16.8. The second kappa shape index (κ2) is 6.92. The van der Waals surface area contributed by atoms with Crippen LogP contribution >= 0.6 is 0 Å². The Morgan fingerprint density at radius 2 is 1.73 bits per heavy atom. The zero-order valence-electron chi connectivity index (χ0n) is 14.5. The summed E-state index contributed by atoms with van der Waals surface area (Å²) in [6, 6.07) is 10.9. The summed E-state index contributed by atoms with van der Waals surface area (Å²) >= 11 is 0. The lowest BCUT2D eigenvalue weighted by Crippen LogP contribution is -2.44. The number of amides is 1.